The zero-order valence-corrected chi connectivity index (χ0v) is 16.0. The van der Waals surface area contributed by atoms with Gasteiger partial charge in [0.05, 0.1) is 17.5 Å². The van der Waals surface area contributed by atoms with Crippen LogP contribution in [0.15, 0.2) is 33.3 Å². The number of hydrogen-bond acceptors (Lipinski definition) is 4. The molecule has 1 aromatic carbocycles. The van der Waals surface area contributed by atoms with Crippen LogP contribution in [0.1, 0.15) is 42.0 Å². The molecule has 1 amide bonds. The van der Waals surface area contributed by atoms with Gasteiger partial charge in [0.2, 0.25) is 5.91 Å². The van der Waals surface area contributed by atoms with Crippen molar-refractivity contribution in [3.05, 3.63) is 51.3 Å². The van der Waals surface area contributed by atoms with Crippen LogP contribution in [0.3, 0.4) is 0 Å². The van der Waals surface area contributed by atoms with E-state index in [0.29, 0.717) is 5.75 Å². The SMILES string of the molecule is CCC(NC(=O)CSCc1c(C)noc1C)c1ccc(Br)cc1. The Labute approximate surface area is 149 Å². The zero-order valence-electron chi connectivity index (χ0n) is 13.6. The van der Waals surface area contributed by atoms with Gasteiger partial charge >= 0.3 is 0 Å². The van der Waals surface area contributed by atoms with Crippen LogP contribution in [-0.2, 0) is 10.5 Å². The van der Waals surface area contributed by atoms with Crippen LogP contribution in [0.4, 0.5) is 0 Å². The molecule has 0 saturated heterocycles. The molecule has 1 atom stereocenters. The monoisotopic (exact) mass is 396 g/mol. The third-order valence-corrected chi connectivity index (χ3v) is 5.16. The highest BCUT2D eigenvalue weighted by Gasteiger charge is 2.14. The van der Waals surface area contributed by atoms with E-state index in [-0.39, 0.29) is 11.9 Å². The molecule has 4 nitrogen and oxygen atoms in total. The second-order valence-corrected chi connectivity index (χ2v) is 7.28. The van der Waals surface area contributed by atoms with Crippen molar-refractivity contribution in [2.75, 3.05) is 5.75 Å². The summed E-state index contributed by atoms with van der Waals surface area (Å²) in [5, 5.41) is 7.03. The third-order valence-electron chi connectivity index (χ3n) is 3.68. The summed E-state index contributed by atoms with van der Waals surface area (Å²) in [6.07, 6.45) is 0.863. The maximum atomic E-state index is 12.2. The van der Waals surface area contributed by atoms with E-state index in [1.54, 1.807) is 11.8 Å². The largest absolute Gasteiger partial charge is 0.361 e. The van der Waals surface area contributed by atoms with Crippen molar-refractivity contribution in [3.63, 3.8) is 0 Å². The number of hydrogen-bond donors (Lipinski definition) is 1. The number of rotatable bonds is 7. The minimum absolute atomic E-state index is 0.0512. The molecular weight excluding hydrogens is 376 g/mol. The van der Waals surface area contributed by atoms with Crippen LogP contribution in [0.2, 0.25) is 0 Å². The summed E-state index contributed by atoms with van der Waals surface area (Å²) in [4.78, 5) is 12.2. The lowest BCUT2D eigenvalue weighted by Gasteiger charge is -2.17. The second-order valence-electron chi connectivity index (χ2n) is 5.38. The van der Waals surface area contributed by atoms with Gasteiger partial charge in [0.15, 0.2) is 0 Å². The normalized spacial score (nSPS) is 12.2. The average Bonchev–Trinajstić information content (AvgIpc) is 2.85. The standard InChI is InChI=1S/C17H21BrN2O2S/c1-4-16(13-5-7-14(18)8-6-13)19-17(21)10-23-9-15-11(2)20-22-12(15)3/h5-8,16H,4,9-10H2,1-3H3,(H,19,21). The molecule has 124 valence electrons. The van der Waals surface area contributed by atoms with Gasteiger partial charge in [0.25, 0.3) is 0 Å². The molecule has 6 heteroatoms. The number of carbonyl (C=O) groups is 1. The van der Waals surface area contributed by atoms with Gasteiger partial charge in [-0.05, 0) is 38.0 Å². The average molecular weight is 397 g/mol. The number of halogens is 1. The van der Waals surface area contributed by atoms with Crippen LogP contribution in [-0.4, -0.2) is 16.8 Å². The van der Waals surface area contributed by atoms with Gasteiger partial charge in [0, 0.05) is 15.8 Å². The first kappa shape index (κ1) is 18.1. The fourth-order valence-corrected chi connectivity index (χ4v) is 3.56. The molecule has 23 heavy (non-hydrogen) atoms. The van der Waals surface area contributed by atoms with E-state index < -0.39 is 0 Å². The number of amides is 1. The molecule has 2 rings (SSSR count). The van der Waals surface area contributed by atoms with Crippen LogP contribution in [0.25, 0.3) is 0 Å². The Morgan fingerprint density at radius 1 is 1.35 bits per heavy atom. The molecule has 1 N–H and O–H groups in total. The smallest absolute Gasteiger partial charge is 0.230 e. The summed E-state index contributed by atoms with van der Waals surface area (Å²) < 4.78 is 6.17. The van der Waals surface area contributed by atoms with Crippen molar-refractivity contribution < 1.29 is 9.32 Å². The number of benzene rings is 1. The highest BCUT2D eigenvalue weighted by molar-refractivity contribution is 9.10. The highest BCUT2D eigenvalue weighted by atomic mass is 79.9. The second kappa shape index (κ2) is 8.55. The van der Waals surface area contributed by atoms with Gasteiger partial charge in [-0.15, -0.1) is 11.8 Å². The predicted octanol–water partition coefficient (Wildman–Crippen LogP) is 4.55. The number of carbonyl (C=O) groups excluding carboxylic acids is 1. The lowest BCUT2D eigenvalue weighted by Crippen LogP contribution is -2.29. The van der Waals surface area contributed by atoms with Crippen molar-refractivity contribution in [2.24, 2.45) is 0 Å². The Morgan fingerprint density at radius 3 is 2.61 bits per heavy atom. The molecule has 0 saturated carbocycles. The molecular formula is C17H21BrN2O2S. The van der Waals surface area contributed by atoms with Crippen LogP contribution >= 0.6 is 27.7 Å². The first-order chi connectivity index (χ1) is 11.0. The summed E-state index contributed by atoms with van der Waals surface area (Å²) in [5.74, 6) is 2.05. The zero-order chi connectivity index (χ0) is 16.8. The van der Waals surface area contributed by atoms with E-state index in [0.717, 1.165) is 39.2 Å². The molecule has 0 aliphatic rings. The van der Waals surface area contributed by atoms with Crippen molar-refractivity contribution in [1.29, 1.82) is 0 Å². The van der Waals surface area contributed by atoms with E-state index in [4.69, 9.17) is 4.52 Å². The quantitative estimate of drug-likeness (QED) is 0.745. The topological polar surface area (TPSA) is 55.1 Å². The molecule has 0 aliphatic heterocycles. The van der Waals surface area contributed by atoms with Gasteiger partial charge in [-0.25, -0.2) is 0 Å². The number of nitrogens with one attached hydrogen (secondary N) is 1. The van der Waals surface area contributed by atoms with Gasteiger partial charge < -0.3 is 9.84 Å². The fourth-order valence-electron chi connectivity index (χ4n) is 2.31. The maximum Gasteiger partial charge on any atom is 0.230 e. The van der Waals surface area contributed by atoms with E-state index >= 15 is 0 Å². The predicted molar refractivity (Wildman–Crippen MR) is 97.5 cm³/mol. The van der Waals surface area contributed by atoms with E-state index in [1.807, 2.05) is 38.1 Å². The minimum Gasteiger partial charge on any atom is -0.361 e. The van der Waals surface area contributed by atoms with E-state index in [9.17, 15) is 4.79 Å². The number of thioether (sulfide) groups is 1. The lowest BCUT2D eigenvalue weighted by molar-refractivity contribution is -0.119. The van der Waals surface area contributed by atoms with E-state index in [1.165, 1.54) is 0 Å². The molecule has 1 unspecified atom stereocenters. The number of nitrogens with zero attached hydrogens (tertiary/aromatic N) is 1. The minimum atomic E-state index is 0.0512. The Kier molecular flexibility index (Phi) is 6.72. The molecule has 0 fully saturated rings. The van der Waals surface area contributed by atoms with Crippen LogP contribution < -0.4 is 5.32 Å². The van der Waals surface area contributed by atoms with Gasteiger partial charge in [-0.2, -0.15) is 0 Å². The van der Waals surface area contributed by atoms with Gasteiger partial charge in [-0.3, -0.25) is 4.79 Å². The van der Waals surface area contributed by atoms with Crippen molar-refractivity contribution >= 4 is 33.6 Å². The molecule has 2 aromatic rings. The molecule has 0 bridgehead atoms. The number of aryl methyl sites for hydroxylation is 2. The summed E-state index contributed by atoms with van der Waals surface area (Å²) in [7, 11) is 0. The molecule has 0 radical (unpaired) electrons. The lowest BCUT2D eigenvalue weighted by atomic mass is 10.0. The molecule has 1 aromatic heterocycles. The van der Waals surface area contributed by atoms with E-state index in [2.05, 4.69) is 33.3 Å². The van der Waals surface area contributed by atoms with Crippen molar-refractivity contribution in [3.8, 4) is 0 Å². The van der Waals surface area contributed by atoms with Gasteiger partial charge in [0.1, 0.15) is 5.76 Å². The van der Waals surface area contributed by atoms with Crippen LogP contribution in [0.5, 0.6) is 0 Å². The molecule has 0 spiro atoms. The first-order valence-corrected chi connectivity index (χ1v) is 9.50. The first-order valence-electron chi connectivity index (χ1n) is 7.55. The Morgan fingerprint density at radius 2 is 2.04 bits per heavy atom. The van der Waals surface area contributed by atoms with Crippen molar-refractivity contribution in [1.82, 2.24) is 10.5 Å². The number of aromatic nitrogens is 1. The Hall–Kier alpha value is -1.27. The summed E-state index contributed by atoms with van der Waals surface area (Å²) >= 11 is 5.01. The Balaban J connectivity index is 1.84. The Bertz CT molecular complexity index is 636. The van der Waals surface area contributed by atoms with Gasteiger partial charge in [-0.1, -0.05) is 40.1 Å². The highest BCUT2D eigenvalue weighted by Crippen LogP contribution is 2.21. The molecule has 1 heterocycles. The maximum absolute atomic E-state index is 12.2. The fraction of sp³-hybridized carbons (Fsp3) is 0.412. The summed E-state index contributed by atoms with van der Waals surface area (Å²) in [6.45, 7) is 5.90. The molecule has 0 aliphatic carbocycles. The third kappa shape index (κ3) is 5.11. The summed E-state index contributed by atoms with van der Waals surface area (Å²) in [6, 6.07) is 8.12. The van der Waals surface area contributed by atoms with Crippen molar-refractivity contribution in [2.45, 2.75) is 39.0 Å². The summed E-state index contributed by atoms with van der Waals surface area (Å²) in [5.41, 5.74) is 3.11. The van der Waals surface area contributed by atoms with Crippen LogP contribution in [0, 0.1) is 13.8 Å².